The van der Waals surface area contributed by atoms with Crippen molar-refractivity contribution in [3.05, 3.63) is 28.6 Å². The van der Waals surface area contributed by atoms with E-state index in [1.165, 1.54) is 6.07 Å². The van der Waals surface area contributed by atoms with Crippen LogP contribution < -0.4 is 0 Å². The van der Waals surface area contributed by atoms with E-state index in [-0.39, 0.29) is 0 Å². The summed E-state index contributed by atoms with van der Waals surface area (Å²) in [7, 11) is 0. The number of alkyl halides is 6. The zero-order valence-electron chi connectivity index (χ0n) is 8.02. The predicted molar refractivity (Wildman–Crippen MR) is 48.5 cm³/mol. The van der Waals surface area contributed by atoms with Crippen LogP contribution in [0.2, 0.25) is 0 Å². The monoisotopic (exact) mass is 270 g/mol. The first-order valence-corrected chi connectivity index (χ1v) is 4.69. The number of nitriles is 1. The Morgan fingerprint density at radius 3 is 2.35 bits per heavy atom. The van der Waals surface area contributed by atoms with E-state index >= 15 is 0 Å². The third-order valence-electron chi connectivity index (χ3n) is 1.95. The van der Waals surface area contributed by atoms with Crippen LogP contribution >= 0.6 is 11.6 Å². The standard InChI is InChI=1S/C9H4ClF5N2/c10-1-5-6(8(11)12)7(9(13,14)15)4(2-16)3-17-5/h3,8H,1H2. The molecule has 0 spiro atoms. The molecule has 0 aliphatic heterocycles. The Kier molecular flexibility index (Phi) is 3.88. The Balaban J connectivity index is 3.67. The van der Waals surface area contributed by atoms with E-state index in [1.54, 1.807) is 0 Å². The minimum atomic E-state index is -5.05. The third kappa shape index (κ3) is 2.64. The summed E-state index contributed by atoms with van der Waals surface area (Å²) in [5.41, 5.74) is -4.51. The van der Waals surface area contributed by atoms with E-state index in [4.69, 9.17) is 16.9 Å². The molecule has 0 saturated heterocycles. The van der Waals surface area contributed by atoms with Crippen molar-refractivity contribution in [1.29, 1.82) is 5.26 Å². The zero-order chi connectivity index (χ0) is 13.2. The van der Waals surface area contributed by atoms with Crippen LogP contribution in [0, 0.1) is 11.3 Å². The SMILES string of the molecule is N#Cc1cnc(CCl)c(C(F)F)c1C(F)(F)F. The summed E-state index contributed by atoms with van der Waals surface area (Å²) in [6.45, 7) is 0. The van der Waals surface area contributed by atoms with E-state index in [9.17, 15) is 22.0 Å². The van der Waals surface area contributed by atoms with Crippen molar-refractivity contribution in [2.45, 2.75) is 18.5 Å². The van der Waals surface area contributed by atoms with Crippen molar-refractivity contribution in [2.75, 3.05) is 0 Å². The number of hydrogen-bond acceptors (Lipinski definition) is 2. The fraction of sp³-hybridized carbons (Fsp3) is 0.333. The second kappa shape index (κ2) is 4.84. The lowest BCUT2D eigenvalue weighted by Crippen LogP contribution is -2.15. The summed E-state index contributed by atoms with van der Waals surface area (Å²) < 4.78 is 63.1. The van der Waals surface area contributed by atoms with Gasteiger partial charge in [0.2, 0.25) is 0 Å². The first-order chi connectivity index (χ1) is 7.82. The van der Waals surface area contributed by atoms with E-state index in [0.29, 0.717) is 6.20 Å². The molecule has 0 saturated carbocycles. The average molecular weight is 271 g/mol. The molecule has 0 bridgehead atoms. The first-order valence-electron chi connectivity index (χ1n) is 4.16. The van der Waals surface area contributed by atoms with Crippen molar-refractivity contribution in [2.24, 2.45) is 0 Å². The van der Waals surface area contributed by atoms with Crippen molar-refractivity contribution in [1.82, 2.24) is 4.98 Å². The molecule has 0 radical (unpaired) electrons. The molecular weight excluding hydrogens is 267 g/mol. The molecule has 0 aromatic carbocycles. The Morgan fingerprint density at radius 2 is 2.00 bits per heavy atom. The Labute approximate surface area is 97.6 Å². The molecule has 8 heteroatoms. The lowest BCUT2D eigenvalue weighted by Gasteiger charge is -2.15. The molecule has 0 N–H and O–H groups in total. The van der Waals surface area contributed by atoms with Gasteiger partial charge in [-0.15, -0.1) is 11.6 Å². The highest BCUT2D eigenvalue weighted by Crippen LogP contribution is 2.39. The Morgan fingerprint density at radius 1 is 1.41 bits per heavy atom. The highest BCUT2D eigenvalue weighted by molar-refractivity contribution is 6.17. The molecule has 0 unspecified atom stereocenters. The van der Waals surface area contributed by atoms with Crippen LogP contribution in [-0.2, 0) is 12.1 Å². The fourth-order valence-electron chi connectivity index (χ4n) is 1.30. The van der Waals surface area contributed by atoms with Gasteiger partial charge in [0.05, 0.1) is 28.3 Å². The Hall–Kier alpha value is -1.42. The van der Waals surface area contributed by atoms with Gasteiger partial charge in [-0.3, -0.25) is 4.98 Å². The van der Waals surface area contributed by atoms with Gasteiger partial charge in [0.25, 0.3) is 6.43 Å². The zero-order valence-corrected chi connectivity index (χ0v) is 8.78. The van der Waals surface area contributed by atoms with Crippen molar-refractivity contribution >= 4 is 11.6 Å². The molecular formula is C9H4ClF5N2. The molecule has 1 aromatic heterocycles. The summed E-state index contributed by atoms with van der Waals surface area (Å²) in [4.78, 5) is 3.33. The van der Waals surface area contributed by atoms with E-state index < -0.39 is 40.9 Å². The summed E-state index contributed by atoms with van der Waals surface area (Å²) in [6, 6.07) is 1.19. The second-order valence-electron chi connectivity index (χ2n) is 2.95. The summed E-state index contributed by atoms with van der Waals surface area (Å²) in [5, 5.41) is 8.48. The number of hydrogen-bond donors (Lipinski definition) is 0. The highest BCUT2D eigenvalue weighted by atomic mass is 35.5. The number of rotatable bonds is 2. The average Bonchev–Trinajstić information content (AvgIpc) is 2.25. The van der Waals surface area contributed by atoms with Gasteiger partial charge in [-0.05, 0) is 0 Å². The smallest absolute Gasteiger partial charge is 0.258 e. The van der Waals surface area contributed by atoms with Gasteiger partial charge >= 0.3 is 6.18 Å². The number of nitrogens with zero attached hydrogens (tertiary/aromatic N) is 2. The maximum absolute atomic E-state index is 12.6. The lowest BCUT2D eigenvalue weighted by atomic mass is 10.0. The molecule has 1 aromatic rings. The molecule has 1 rings (SSSR count). The third-order valence-corrected chi connectivity index (χ3v) is 2.20. The van der Waals surface area contributed by atoms with Gasteiger partial charge in [-0.1, -0.05) is 0 Å². The molecule has 1 heterocycles. The topological polar surface area (TPSA) is 36.7 Å². The number of aromatic nitrogens is 1. The highest BCUT2D eigenvalue weighted by Gasteiger charge is 2.40. The van der Waals surface area contributed by atoms with Gasteiger partial charge in [0.1, 0.15) is 6.07 Å². The van der Waals surface area contributed by atoms with Crippen LogP contribution in [0.25, 0.3) is 0 Å². The van der Waals surface area contributed by atoms with Gasteiger partial charge in [-0.2, -0.15) is 18.4 Å². The van der Waals surface area contributed by atoms with Crippen molar-refractivity contribution in [3.8, 4) is 6.07 Å². The van der Waals surface area contributed by atoms with E-state index in [2.05, 4.69) is 4.98 Å². The molecule has 0 aliphatic rings. The minimum absolute atomic E-state index is 0.576. The van der Waals surface area contributed by atoms with Crippen LogP contribution in [-0.4, -0.2) is 4.98 Å². The van der Waals surface area contributed by atoms with Crippen LogP contribution in [0.3, 0.4) is 0 Å². The van der Waals surface area contributed by atoms with Gasteiger partial charge < -0.3 is 0 Å². The second-order valence-corrected chi connectivity index (χ2v) is 3.22. The molecule has 92 valence electrons. The molecule has 0 aliphatic carbocycles. The predicted octanol–water partition coefficient (Wildman–Crippen LogP) is 3.65. The van der Waals surface area contributed by atoms with Crippen LogP contribution in [0.15, 0.2) is 6.20 Å². The van der Waals surface area contributed by atoms with E-state index in [1.807, 2.05) is 0 Å². The van der Waals surface area contributed by atoms with Crippen LogP contribution in [0.5, 0.6) is 0 Å². The summed E-state index contributed by atoms with van der Waals surface area (Å²) in [6.07, 6.45) is -7.87. The molecule has 0 amide bonds. The van der Waals surface area contributed by atoms with Gasteiger partial charge in [0.15, 0.2) is 0 Å². The summed E-state index contributed by atoms with van der Waals surface area (Å²) in [5.74, 6) is -0.589. The molecule has 17 heavy (non-hydrogen) atoms. The maximum Gasteiger partial charge on any atom is 0.418 e. The normalized spacial score (nSPS) is 11.6. The molecule has 0 fully saturated rings. The maximum atomic E-state index is 12.6. The van der Waals surface area contributed by atoms with Crippen molar-refractivity contribution in [3.63, 3.8) is 0 Å². The minimum Gasteiger partial charge on any atom is -0.258 e. The van der Waals surface area contributed by atoms with Crippen LogP contribution in [0.1, 0.15) is 28.8 Å². The number of halogens is 6. The number of pyridine rings is 1. The van der Waals surface area contributed by atoms with Crippen LogP contribution in [0.4, 0.5) is 22.0 Å². The molecule has 2 nitrogen and oxygen atoms in total. The quantitative estimate of drug-likeness (QED) is 0.607. The Bertz CT molecular complexity index is 464. The van der Waals surface area contributed by atoms with Crippen molar-refractivity contribution < 1.29 is 22.0 Å². The lowest BCUT2D eigenvalue weighted by molar-refractivity contribution is -0.139. The first kappa shape index (κ1) is 13.6. The van der Waals surface area contributed by atoms with Gasteiger partial charge in [-0.25, -0.2) is 8.78 Å². The molecule has 0 atom stereocenters. The van der Waals surface area contributed by atoms with E-state index in [0.717, 1.165) is 0 Å². The fourth-order valence-corrected chi connectivity index (χ4v) is 1.51. The summed E-state index contributed by atoms with van der Waals surface area (Å²) >= 11 is 5.25. The largest absolute Gasteiger partial charge is 0.418 e. The van der Waals surface area contributed by atoms with Gasteiger partial charge in [0, 0.05) is 6.20 Å².